The van der Waals surface area contributed by atoms with Crippen LogP contribution in [0.3, 0.4) is 0 Å². The third kappa shape index (κ3) is 9.77. The van der Waals surface area contributed by atoms with Crippen molar-refractivity contribution in [3.8, 4) is 0 Å². The largest absolute Gasteiger partial charge is 0.116 e. The lowest BCUT2D eigenvalue weighted by molar-refractivity contribution is 0.667. The molecule has 0 heteroatoms. The topological polar surface area (TPSA) is 0 Å². The molecule has 1 aromatic rings. The fourth-order valence-electron chi connectivity index (χ4n) is 3.03. The number of allylic oxidation sites excluding steroid dienone is 6. The Bertz CT molecular complexity index is 660. The first-order chi connectivity index (χ1) is 13.2. The lowest BCUT2D eigenvalue weighted by atomic mass is 9.96. The molecule has 0 aliphatic heterocycles. The number of hydrogen-bond acceptors (Lipinski definition) is 0. The fourth-order valence-corrected chi connectivity index (χ4v) is 3.03. The Kier molecular flexibility index (Phi) is 14.8. The normalized spacial score (nSPS) is 17.5. The molecule has 0 radical (unpaired) electrons. The van der Waals surface area contributed by atoms with E-state index in [4.69, 9.17) is 0 Å². The Balaban J connectivity index is 0.00000235. The van der Waals surface area contributed by atoms with Crippen molar-refractivity contribution >= 4 is 5.57 Å². The van der Waals surface area contributed by atoms with E-state index >= 15 is 0 Å². The number of rotatable bonds is 6. The molecule has 1 aliphatic carbocycles. The minimum Gasteiger partial charge on any atom is -0.116 e. The molecule has 28 heavy (non-hydrogen) atoms. The van der Waals surface area contributed by atoms with E-state index in [1.165, 1.54) is 43.2 Å². The molecule has 0 amide bonds. The van der Waals surface area contributed by atoms with Gasteiger partial charge in [0, 0.05) is 5.57 Å². The standard InChI is InChI=1S/C25H32.C2H6.CH4/c1-4-5-6-11-14-23-16-18-24(19-17-23)25-20-15-21(2)12-9-7-8-10-13-22(25)3;1-2;/h7,9-10,13,15-19,21H,3-6,8,11-12,14H2,1-2H3;1-2H3;1H4/b9-7-,13-10?;;. The van der Waals surface area contributed by atoms with Gasteiger partial charge in [-0.2, -0.15) is 0 Å². The second-order valence-corrected chi connectivity index (χ2v) is 7.04. The van der Waals surface area contributed by atoms with Gasteiger partial charge in [0.2, 0.25) is 0 Å². The van der Waals surface area contributed by atoms with Crippen LogP contribution in [0.2, 0.25) is 0 Å². The summed E-state index contributed by atoms with van der Waals surface area (Å²) in [5.74, 6) is 0.495. The molecule has 2 rings (SSSR count). The van der Waals surface area contributed by atoms with Crippen molar-refractivity contribution in [1.82, 2.24) is 0 Å². The molecule has 0 nitrogen and oxygen atoms in total. The van der Waals surface area contributed by atoms with Crippen LogP contribution in [0.5, 0.6) is 0 Å². The van der Waals surface area contributed by atoms with Crippen molar-refractivity contribution < 1.29 is 0 Å². The summed E-state index contributed by atoms with van der Waals surface area (Å²) in [6, 6.07) is 8.99. The smallest absolute Gasteiger partial charge is 0.0300 e. The lowest BCUT2D eigenvalue weighted by Gasteiger charge is -2.08. The maximum atomic E-state index is 4.26. The molecule has 1 unspecified atom stereocenters. The average molecular weight is 379 g/mol. The van der Waals surface area contributed by atoms with Crippen LogP contribution in [-0.4, -0.2) is 0 Å². The predicted molar refractivity (Wildman–Crippen MR) is 130 cm³/mol. The minimum atomic E-state index is 0. The molecule has 0 N–H and O–H groups in total. The van der Waals surface area contributed by atoms with Gasteiger partial charge in [-0.05, 0) is 54.4 Å². The van der Waals surface area contributed by atoms with Crippen LogP contribution in [0.25, 0.3) is 5.57 Å². The van der Waals surface area contributed by atoms with E-state index in [0.29, 0.717) is 5.92 Å². The van der Waals surface area contributed by atoms with E-state index in [0.717, 1.165) is 24.0 Å². The first-order valence-corrected chi connectivity index (χ1v) is 10.8. The average Bonchev–Trinajstić information content (AvgIpc) is 2.73. The first-order valence-electron chi connectivity index (χ1n) is 10.8. The minimum absolute atomic E-state index is 0. The van der Waals surface area contributed by atoms with Gasteiger partial charge in [-0.1, -0.05) is 110 Å². The molecule has 1 aromatic carbocycles. The van der Waals surface area contributed by atoms with Crippen LogP contribution in [0.1, 0.15) is 84.8 Å². The quantitative estimate of drug-likeness (QED) is 0.263. The molecular formula is C28H42. The van der Waals surface area contributed by atoms with Crippen LogP contribution in [-0.2, 0) is 6.42 Å². The van der Waals surface area contributed by atoms with Crippen LogP contribution >= 0.6 is 0 Å². The van der Waals surface area contributed by atoms with Gasteiger partial charge in [-0.25, -0.2) is 0 Å². The lowest BCUT2D eigenvalue weighted by Crippen LogP contribution is -1.90. The number of benzene rings is 1. The van der Waals surface area contributed by atoms with Gasteiger partial charge in [0.05, 0.1) is 0 Å². The van der Waals surface area contributed by atoms with Crippen molar-refractivity contribution in [1.29, 1.82) is 0 Å². The maximum absolute atomic E-state index is 4.26. The summed E-state index contributed by atoms with van der Waals surface area (Å²) in [7, 11) is 0. The third-order valence-corrected chi connectivity index (χ3v) is 4.66. The van der Waals surface area contributed by atoms with E-state index in [2.05, 4.69) is 80.8 Å². The zero-order valence-electron chi connectivity index (χ0n) is 17.9. The van der Waals surface area contributed by atoms with E-state index in [1.807, 2.05) is 13.8 Å². The molecule has 0 bridgehead atoms. The Morgan fingerprint density at radius 2 is 1.71 bits per heavy atom. The highest BCUT2D eigenvalue weighted by atomic mass is 14.1. The fraction of sp³-hybridized carbons (Fsp3) is 0.464. The van der Waals surface area contributed by atoms with Gasteiger partial charge in [-0.3, -0.25) is 0 Å². The van der Waals surface area contributed by atoms with Crippen LogP contribution in [0, 0.1) is 5.92 Å². The van der Waals surface area contributed by atoms with E-state index < -0.39 is 0 Å². The molecule has 154 valence electrons. The van der Waals surface area contributed by atoms with Crippen molar-refractivity contribution in [2.75, 3.05) is 0 Å². The van der Waals surface area contributed by atoms with Gasteiger partial charge in [0.15, 0.2) is 0 Å². The summed E-state index contributed by atoms with van der Waals surface area (Å²) in [4.78, 5) is 0. The summed E-state index contributed by atoms with van der Waals surface area (Å²) >= 11 is 0. The Hall–Kier alpha value is -2.04. The van der Waals surface area contributed by atoms with Gasteiger partial charge < -0.3 is 0 Å². The van der Waals surface area contributed by atoms with E-state index in [9.17, 15) is 0 Å². The van der Waals surface area contributed by atoms with Crippen molar-refractivity contribution in [2.45, 2.75) is 80.1 Å². The third-order valence-electron chi connectivity index (χ3n) is 4.66. The van der Waals surface area contributed by atoms with Gasteiger partial charge in [-0.15, -0.1) is 5.73 Å². The van der Waals surface area contributed by atoms with Crippen molar-refractivity contribution in [2.24, 2.45) is 5.92 Å². The summed E-state index contributed by atoms with van der Waals surface area (Å²) < 4.78 is 0. The zero-order valence-corrected chi connectivity index (χ0v) is 17.9. The Morgan fingerprint density at radius 3 is 2.39 bits per heavy atom. The Labute approximate surface area is 175 Å². The second-order valence-electron chi connectivity index (χ2n) is 7.04. The summed E-state index contributed by atoms with van der Waals surface area (Å²) in [5, 5.41) is 0. The highest BCUT2D eigenvalue weighted by Gasteiger charge is 2.05. The molecule has 0 fully saturated rings. The second kappa shape index (κ2) is 16.0. The summed E-state index contributed by atoms with van der Waals surface area (Å²) in [5.41, 5.74) is 8.31. The molecule has 1 atom stereocenters. The molecule has 0 saturated heterocycles. The predicted octanol–water partition coefficient (Wildman–Crippen LogP) is 9.11. The van der Waals surface area contributed by atoms with E-state index in [1.54, 1.807) is 0 Å². The first kappa shape index (κ1) is 26.0. The monoisotopic (exact) mass is 378 g/mol. The molecule has 0 heterocycles. The maximum Gasteiger partial charge on any atom is 0.0300 e. The molecule has 0 spiro atoms. The van der Waals surface area contributed by atoms with Crippen LogP contribution in [0.15, 0.2) is 72.5 Å². The molecule has 0 aromatic heterocycles. The van der Waals surface area contributed by atoms with Crippen molar-refractivity contribution in [3.05, 3.63) is 83.7 Å². The van der Waals surface area contributed by atoms with Crippen molar-refractivity contribution in [3.63, 3.8) is 0 Å². The van der Waals surface area contributed by atoms with E-state index in [-0.39, 0.29) is 7.43 Å². The zero-order chi connectivity index (χ0) is 19.9. The number of unbranched alkanes of at least 4 members (excludes halogenated alkanes) is 3. The molecule has 1 aliphatic rings. The van der Waals surface area contributed by atoms with Gasteiger partial charge >= 0.3 is 0 Å². The highest BCUT2D eigenvalue weighted by Crippen LogP contribution is 2.24. The Morgan fingerprint density at radius 1 is 1.00 bits per heavy atom. The van der Waals surface area contributed by atoms with Gasteiger partial charge in [0.25, 0.3) is 0 Å². The molecule has 0 saturated carbocycles. The number of aryl methyl sites for hydroxylation is 1. The summed E-state index contributed by atoms with van der Waals surface area (Å²) in [6.45, 7) is 12.8. The van der Waals surface area contributed by atoms with Crippen LogP contribution < -0.4 is 0 Å². The summed E-state index contributed by atoms with van der Waals surface area (Å²) in [6.07, 6.45) is 19.4. The SMILES string of the molecule is C.C=C1C=CC/C=C\CC(C)C=C=C1c1ccc(CCCCCC)cc1.CC. The number of hydrogen-bond donors (Lipinski definition) is 0. The highest BCUT2D eigenvalue weighted by molar-refractivity contribution is 5.80. The van der Waals surface area contributed by atoms with Gasteiger partial charge in [0.1, 0.15) is 0 Å². The van der Waals surface area contributed by atoms with Crippen LogP contribution in [0.4, 0.5) is 0 Å². The molecular weight excluding hydrogens is 336 g/mol.